The van der Waals surface area contributed by atoms with Crippen LogP contribution in [0.2, 0.25) is 5.02 Å². The van der Waals surface area contributed by atoms with E-state index in [1.54, 1.807) is 37.2 Å². The van der Waals surface area contributed by atoms with E-state index in [0.29, 0.717) is 34.6 Å². The summed E-state index contributed by atoms with van der Waals surface area (Å²) >= 11 is 6.38. The molecule has 2 saturated heterocycles. The molecular weight excluding hydrogens is 480 g/mol. The SMILES string of the molecule is COc1cc(OC)c(-c2cn3ccc(NC4CC5CCC(C4)N5c4nccn4C=O)cc3n2)cc1Cl. The highest BCUT2D eigenvalue weighted by Crippen LogP contribution is 2.40. The molecule has 2 unspecified atom stereocenters. The van der Waals surface area contributed by atoms with Crippen molar-refractivity contribution in [3.05, 3.63) is 54.1 Å². The second-order valence-corrected chi connectivity index (χ2v) is 9.75. The first kappa shape index (κ1) is 22.7. The van der Waals surface area contributed by atoms with Crippen molar-refractivity contribution in [3.63, 3.8) is 0 Å². The minimum Gasteiger partial charge on any atom is -0.496 e. The molecule has 2 aliphatic heterocycles. The molecule has 1 aromatic carbocycles. The standard InChI is InChI=1S/C26H27ClN6O3/c1-35-23-13-24(36-2)21(27)12-20(23)22-14-31-7-5-16(11-25(31)30-22)29-17-9-18-3-4-19(10-17)33(18)26-28-6-8-32(26)15-34/h5-8,11-15,17-19,29H,3-4,9-10H2,1-2H3. The van der Waals surface area contributed by atoms with Crippen LogP contribution in [-0.2, 0) is 4.79 Å². The highest BCUT2D eigenvalue weighted by molar-refractivity contribution is 6.32. The Bertz CT molecular complexity index is 1420. The predicted molar refractivity (Wildman–Crippen MR) is 139 cm³/mol. The van der Waals surface area contributed by atoms with E-state index in [-0.39, 0.29) is 0 Å². The molecular formula is C26H27ClN6O3. The Labute approximate surface area is 213 Å². The molecule has 36 heavy (non-hydrogen) atoms. The largest absolute Gasteiger partial charge is 0.496 e. The fourth-order valence-electron chi connectivity index (χ4n) is 5.71. The molecule has 2 fully saturated rings. The number of pyridine rings is 1. The van der Waals surface area contributed by atoms with Crippen LogP contribution in [-0.4, -0.2) is 57.7 Å². The number of hydrogen-bond acceptors (Lipinski definition) is 7. The van der Waals surface area contributed by atoms with Gasteiger partial charge in [0.1, 0.15) is 17.1 Å². The van der Waals surface area contributed by atoms with Crippen molar-refractivity contribution in [2.45, 2.75) is 43.8 Å². The minimum atomic E-state index is 0.343. The Hall–Kier alpha value is -3.72. The Balaban J connectivity index is 1.22. The van der Waals surface area contributed by atoms with Crippen molar-refractivity contribution in [1.29, 1.82) is 0 Å². The van der Waals surface area contributed by atoms with Crippen LogP contribution in [0.5, 0.6) is 11.5 Å². The molecule has 2 atom stereocenters. The molecule has 10 heteroatoms. The van der Waals surface area contributed by atoms with E-state index in [9.17, 15) is 4.79 Å². The van der Waals surface area contributed by atoms with E-state index in [1.165, 1.54) is 0 Å². The molecule has 3 aromatic heterocycles. The highest BCUT2D eigenvalue weighted by atomic mass is 35.5. The van der Waals surface area contributed by atoms with Crippen LogP contribution in [0.25, 0.3) is 16.9 Å². The summed E-state index contributed by atoms with van der Waals surface area (Å²) < 4.78 is 14.4. The van der Waals surface area contributed by atoms with Crippen LogP contribution in [0.3, 0.4) is 0 Å². The lowest BCUT2D eigenvalue weighted by molar-refractivity contribution is 0.395. The Morgan fingerprint density at radius 2 is 1.86 bits per heavy atom. The summed E-state index contributed by atoms with van der Waals surface area (Å²) in [6.07, 6.45) is 12.4. The Morgan fingerprint density at radius 3 is 2.58 bits per heavy atom. The Kier molecular flexibility index (Phi) is 5.72. The van der Waals surface area contributed by atoms with Crippen LogP contribution in [0.1, 0.15) is 25.7 Å². The fraction of sp³-hybridized carbons (Fsp3) is 0.346. The van der Waals surface area contributed by atoms with Gasteiger partial charge in [-0.15, -0.1) is 0 Å². The first-order chi connectivity index (χ1) is 17.6. The summed E-state index contributed by atoms with van der Waals surface area (Å²) in [5.74, 6) is 1.97. The fourth-order valence-corrected chi connectivity index (χ4v) is 5.95. The number of piperidine rings is 1. The molecule has 5 heterocycles. The maximum Gasteiger partial charge on any atom is 0.220 e. The predicted octanol–water partition coefficient (Wildman–Crippen LogP) is 4.52. The van der Waals surface area contributed by atoms with Crippen molar-refractivity contribution < 1.29 is 14.3 Å². The average Bonchev–Trinajstić information content (AvgIpc) is 3.59. The maximum atomic E-state index is 11.4. The van der Waals surface area contributed by atoms with E-state index in [2.05, 4.69) is 27.3 Å². The molecule has 2 bridgehead atoms. The number of anilines is 2. The smallest absolute Gasteiger partial charge is 0.220 e. The van der Waals surface area contributed by atoms with E-state index >= 15 is 0 Å². The first-order valence-corrected chi connectivity index (χ1v) is 12.4. The van der Waals surface area contributed by atoms with Gasteiger partial charge >= 0.3 is 0 Å². The van der Waals surface area contributed by atoms with E-state index in [4.69, 9.17) is 26.1 Å². The van der Waals surface area contributed by atoms with E-state index < -0.39 is 0 Å². The van der Waals surface area contributed by atoms with E-state index in [1.807, 2.05) is 22.9 Å². The number of aromatic nitrogens is 4. The summed E-state index contributed by atoms with van der Waals surface area (Å²) in [7, 11) is 3.20. The van der Waals surface area contributed by atoms with Gasteiger partial charge in [-0.3, -0.25) is 9.36 Å². The summed E-state index contributed by atoms with van der Waals surface area (Å²) in [5.41, 5.74) is 3.44. The zero-order valence-corrected chi connectivity index (χ0v) is 20.9. The van der Waals surface area contributed by atoms with Gasteiger partial charge in [0, 0.05) is 66.3 Å². The molecule has 0 aliphatic carbocycles. The lowest BCUT2D eigenvalue weighted by Gasteiger charge is -2.40. The van der Waals surface area contributed by atoms with Gasteiger partial charge in [0.2, 0.25) is 12.4 Å². The van der Waals surface area contributed by atoms with E-state index in [0.717, 1.165) is 60.6 Å². The van der Waals surface area contributed by atoms with Crippen molar-refractivity contribution >= 4 is 35.3 Å². The molecule has 0 spiro atoms. The summed E-state index contributed by atoms with van der Waals surface area (Å²) in [5, 5.41) is 4.23. The number of benzene rings is 1. The van der Waals surface area contributed by atoms with Gasteiger partial charge in [-0.2, -0.15) is 0 Å². The van der Waals surface area contributed by atoms with Gasteiger partial charge in [-0.1, -0.05) is 11.6 Å². The van der Waals surface area contributed by atoms with Crippen LogP contribution < -0.4 is 19.7 Å². The number of halogens is 1. The zero-order valence-electron chi connectivity index (χ0n) is 20.1. The molecule has 0 amide bonds. The van der Waals surface area contributed by atoms with Gasteiger partial charge in [0.25, 0.3) is 0 Å². The topological polar surface area (TPSA) is 85.9 Å². The second kappa shape index (κ2) is 9.05. The number of fused-ring (bicyclic) bond motifs is 3. The number of methoxy groups -OCH3 is 2. The van der Waals surface area contributed by atoms with Crippen molar-refractivity contribution in [2.24, 2.45) is 0 Å². The molecule has 2 aliphatic rings. The normalized spacial score (nSPS) is 21.1. The lowest BCUT2D eigenvalue weighted by Crippen LogP contribution is -2.48. The molecule has 1 N–H and O–H groups in total. The third-order valence-electron chi connectivity index (χ3n) is 7.31. The summed E-state index contributed by atoms with van der Waals surface area (Å²) in [6, 6.07) is 8.82. The summed E-state index contributed by atoms with van der Waals surface area (Å²) in [6.45, 7) is 0. The average molecular weight is 507 g/mol. The van der Waals surface area contributed by atoms with Gasteiger partial charge in [0.05, 0.1) is 24.9 Å². The number of ether oxygens (including phenoxy) is 2. The number of carbonyl (C=O) groups excluding carboxylic acids is 1. The van der Waals surface area contributed by atoms with Gasteiger partial charge in [0.15, 0.2) is 0 Å². The van der Waals surface area contributed by atoms with Crippen LogP contribution >= 0.6 is 11.6 Å². The number of imidazole rings is 2. The highest BCUT2D eigenvalue weighted by Gasteiger charge is 2.42. The van der Waals surface area contributed by atoms with Crippen molar-refractivity contribution in [3.8, 4) is 22.8 Å². The van der Waals surface area contributed by atoms with Gasteiger partial charge in [-0.05, 0) is 37.8 Å². The van der Waals surface area contributed by atoms with Crippen molar-refractivity contribution in [1.82, 2.24) is 18.9 Å². The van der Waals surface area contributed by atoms with Gasteiger partial charge < -0.3 is 24.1 Å². The second-order valence-electron chi connectivity index (χ2n) is 9.34. The van der Waals surface area contributed by atoms with Crippen LogP contribution in [0.4, 0.5) is 11.6 Å². The monoisotopic (exact) mass is 506 g/mol. The molecule has 0 radical (unpaired) electrons. The third-order valence-corrected chi connectivity index (χ3v) is 7.60. The third kappa shape index (κ3) is 3.83. The number of nitrogens with one attached hydrogen (secondary N) is 1. The number of nitrogens with zero attached hydrogens (tertiary/aromatic N) is 5. The quantitative estimate of drug-likeness (QED) is 0.369. The van der Waals surface area contributed by atoms with Crippen LogP contribution in [0.15, 0.2) is 49.1 Å². The number of carbonyl (C=O) groups is 1. The first-order valence-electron chi connectivity index (χ1n) is 12.0. The Morgan fingerprint density at radius 1 is 1.08 bits per heavy atom. The number of hydrogen-bond donors (Lipinski definition) is 1. The minimum absolute atomic E-state index is 0.343. The maximum absolute atomic E-state index is 11.4. The number of rotatable bonds is 7. The molecule has 6 rings (SSSR count). The molecule has 0 saturated carbocycles. The molecule has 9 nitrogen and oxygen atoms in total. The van der Waals surface area contributed by atoms with Crippen LogP contribution in [0, 0.1) is 0 Å². The summed E-state index contributed by atoms with van der Waals surface area (Å²) in [4.78, 5) is 23.0. The molecule has 4 aromatic rings. The zero-order chi connectivity index (χ0) is 24.8. The molecule has 186 valence electrons. The lowest BCUT2D eigenvalue weighted by atomic mass is 9.97. The van der Waals surface area contributed by atoms with Crippen molar-refractivity contribution in [2.75, 3.05) is 24.4 Å². The van der Waals surface area contributed by atoms with Gasteiger partial charge in [-0.25, -0.2) is 9.97 Å².